The monoisotopic (exact) mass is 308 g/mol. The maximum Gasteiger partial charge on any atom is 0.336 e. The molecule has 0 saturated carbocycles. The van der Waals surface area contributed by atoms with Gasteiger partial charge in [-0.2, -0.15) is 0 Å². The number of hydrogen-bond donors (Lipinski definition) is 5. The number of nitrogens with zero attached hydrogens (tertiary/aromatic N) is 1. The van der Waals surface area contributed by atoms with Crippen LogP contribution in [0, 0.1) is 12.8 Å². The molecule has 0 atom stereocenters. The van der Waals surface area contributed by atoms with Crippen molar-refractivity contribution < 1.29 is 19.8 Å². The van der Waals surface area contributed by atoms with Crippen molar-refractivity contribution in [2.75, 3.05) is 18.9 Å². The number of carboxylic acid groups (broad SMARTS) is 1. The van der Waals surface area contributed by atoms with Crippen molar-refractivity contribution in [2.45, 2.75) is 19.8 Å². The molecule has 2 rings (SSSR count). The van der Waals surface area contributed by atoms with Crippen LogP contribution >= 0.6 is 0 Å². The molecule has 22 heavy (non-hydrogen) atoms. The van der Waals surface area contributed by atoms with E-state index in [4.69, 9.17) is 20.8 Å². The summed E-state index contributed by atoms with van der Waals surface area (Å²) in [4.78, 5) is 15.5. The van der Waals surface area contributed by atoms with Crippen molar-refractivity contribution in [1.82, 2.24) is 11.0 Å². The van der Waals surface area contributed by atoms with Crippen molar-refractivity contribution >= 4 is 23.2 Å². The van der Waals surface area contributed by atoms with Gasteiger partial charge in [-0.3, -0.25) is 10.6 Å². The fraction of sp³-hybridized carbons (Fsp3) is 0.429. The number of hydrazine groups is 1. The average molecular weight is 308 g/mol. The van der Waals surface area contributed by atoms with Gasteiger partial charge in [-0.1, -0.05) is 0 Å². The van der Waals surface area contributed by atoms with Crippen LogP contribution in [0.2, 0.25) is 0 Å². The lowest BCUT2D eigenvalue weighted by molar-refractivity contribution is 0.0696. The predicted molar refractivity (Wildman–Crippen MR) is 81.2 cm³/mol. The summed E-state index contributed by atoms with van der Waals surface area (Å²) in [5, 5.41) is 18.0. The lowest BCUT2D eigenvalue weighted by atomic mass is 9.99. The zero-order valence-corrected chi connectivity index (χ0v) is 12.3. The van der Waals surface area contributed by atoms with Crippen molar-refractivity contribution in [2.24, 2.45) is 10.9 Å². The van der Waals surface area contributed by atoms with E-state index in [1.54, 1.807) is 13.0 Å². The van der Waals surface area contributed by atoms with Gasteiger partial charge in [-0.25, -0.2) is 9.79 Å². The molecule has 0 radical (unpaired) electrons. The van der Waals surface area contributed by atoms with Gasteiger partial charge in [0.25, 0.3) is 0 Å². The number of aliphatic imine (C=N–C) groups is 1. The van der Waals surface area contributed by atoms with Crippen molar-refractivity contribution in [3.63, 3.8) is 0 Å². The number of nitrogens with one attached hydrogen (secondary N) is 2. The molecule has 0 bridgehead atoms. The van der Waals surface area contributed by atoms with Crippen LogP contribution in [0.25, 0.3) is 0 Å². The third kappa shape index (κ3) is 3.73. The zero-order valence-electron chi connectivity index (χ0n) is 12.3. The largest absolute Gasteiger partial charge is 0.478 e. The number of rotatable bonds is 4. The fourth-order valence-corrected chi connectivity index (χ4v) is 2.42. The van der Waals surface area contributed by atoms with E-state index in [0.29, 0.717) is 30.3 Å². The summed E-state index contributed by atoms with van der Waals surface area (Å²) in [5.41, 5.74) is 11.9. The number of nitrogen functional groups attached to an aromatic ring is 1. The molecule has 0 aromatic heterocycles. The Labute approximate surface area is 127 Å². The number of carbonyl (C=O) groups is 1. The molecular weight excluding hydrogens is 288 g/mol. The molecule has 120 valence electrons. The summed E-state index contributed by atoms with van der Waals surface area (Å²) in [6.07, 6.45) is 1.55. The zero-order chi connectivity index (χ0) is 16.1. The highest BCUT2D eigenvalue weighted by Crippen LogP contribution is 2.28. The molecule has 1 aliphatic rings. The summed E-state index contributed by atoms with van der Waals surface area (Å²) >= 11 is 0. The second-order valence-corrected chi connectivity index (χ2v) is 5.15. The Balaban J connectivity index is 2.34. The number of anilines is 1. The highest BCUT2D eigenvalue weighted by Gasteiger charge is 2.20. The first-order chi connectivity index (χ1) is 10.5. The Bertz CT molecular complexity index is 582. The molecule has 0 spiro atoms. The molecule has 1 aromatic carbocycles. The Kier molecular flexibility index (Phi) is 5.31. The number of benzene rings is 1. The Morgan fingerprint density at radius 1 is 1.41 bits per heavy atom. The lowest BCUT2D eigenvalue weighted by Crippen LogP contribution is -2.41. The molecule has 6 N–H and O–H groups in total. The number of aryl methyl sites for hydroxylation is 1. The van der Waals surface area contributed by atoms with Gasteiger partial charge < -0.3 is 15.6 Å². The SMILES string of the molecule is Cc1cc(N=C(NNO)C2CCOCC2)c(N)cc1C(=O)O. The van der Waals surface area contributed by atoms with E-state index in [1.165, 1.54) is 6.07 Å². The second-order valence-electron chi connectivity index (χ2n) is 5.15. The summed E-state index contributed by atoms with van der Waals surface area (Å²) < 4.78 is 5.31. The summed E-state index contributed by atoms with van der Waals surface area (Å²) in [7, 11) is 0. The number of carboxylic acids is 1. The van der Waals surface area contributed by atoms with Crippen LogP contribution < -0.4 is 16.7 Å². The fourth-order valence-electron chi connectivity index (χ4n) is 2.42. The minimum atomic E-state index is -1.03. The van der Waals surface area contributed by atoms with Gasteiger partial charge in [0.2, 0.25) is 0 Å². The standard InChI is InChI=1S/C14H20N4O4/c1-8-6-12(11(15)7-10(8)14(19)20)16-13(17-18-21)9-2-4-22-5-3-9/h6-7,9,18,21H,2-5,15H2,1H3,(H,16,17)(H,19,20). The van der Waals surface area contributed by atoms with Crippen LogP contribution in [0.5, 0.6) is 0 Å². The molecule has 0 aliphatic carbocycles. The molecule has 1 saturated heterocycles. The van der Waals surface area contributed by atoms with E-state index in [1.807, 2.05) is 5.59 Å². The minimum Gasteiger partial charge on any atom is -0.478 e. The molecule has 1 heterocycles. The van der Waals surface area contributed by atoms with E-state index in [2.05, 4.69) is 10.4 Å². The van der Waals surface area contributed by atoms with E-state index in [0.717, 1.165) is 12.8 Å². The molecule has 8 nitrogen and oxygen atoms in total. The van der Waals surface area contributed by atoms with Gasteiger partial charge in [-0.15, -0.1) is 5.59 Å². The summed E-state index contributed by atoms with van der Waals surface area (Å²) in [5.74, 6) is -0.383. The van der Waals surface area contributed by atoms with E-state index in [9.17, 15) is 4.79 Å². The third-order valence-corrected chi connectivity index (χ3v) is 3.64. The third-order valence-electron chi connectivity index (χ3n) is 3.64. The highest BCUT2D eigenvalue weighted by atomic mass is 16.5. The topological polar surface area (TPSA) is 129 Å². The first-order valence-electron chi connectivity index (χ1n) is 6.97. The van der Waals surface area contributed by atoms with Gasteiger partial charge in [0.1, 0.15) is 5.84 Å². The van der Waals surface area contributed by atoms with E-state index < -0.39 is 5.97 Å². The van der Waals surface area contributed by atoms with Gasteiger partial charge >= 0.3 is 5.97 Å². The Morgan fingerprint density at radius 3 is 2.68 bits per heavy atom. The van der Waals surface area contributed by atoms with Crippen LogP contribution in [-0.2, 0) is 4.74 Å². The van der Waals surface area contributed by atoms with Crippen molar-refractivity contribution in [3.05, 3.63) is 23.3 Å². The molecular formula is C14H20N4O4. The minimum absolute atomic E-state index is 0.104. The number of nitrogens with two attached hydrogens (primary N) is 1. The van der Waals surface area contributed by atoms with Crippen LogP contribution in [-0.4, -0.2) is 35.3 Å². The van der Waals surface area contributed by atoms with E-state index in [-0.39, 0.29) is 17.2 Å². The smallest absolute Gasteiger partial charge is 0.336 e. The van der Waals surface area contributed by atoms with Crippen LogP contribution in [0.4, 0.5) is 11.4 Å². The predicted octanol–water partition coefficient (Wildman–Crippen LogP) is 1.22. The molecule has 0 unspecified atom stereocenters. The Hall–Kier alpha value is -2.16. The van der Waals surface area contributed by atoms with Crippen molar-refractivity contribution in [1.29, 1.82) is 0 Å². The van der Waals surface area contributed by atoms with Gasteiger partial charge in [0.15, 0.2) is 0 Å². The number of ether oxygens (including phenoxy) is 1. The number of hydrogen-bond acceptors (Lipinski definition) is 6. The first-order valence-corrected chi connectivity index (χ1v) is 6.97. The quantitative estimate of drug-likeness (QED) is 0.245. The van der Waals surface area contributed by atoms with E-state index >= 15 is 0 Å². The second kappa shape index (κ2) is 7.21. The number of aromatic carboxylic acids is 1. The molecule has 1 aliphatic heterocycles. The van der Waals surface area contributed by atoms with Crippen LogP contribution in [0.1, 0.15) is 28.8 Å². The normalized spacial score (nSPS) is 16.5. The first kappa shape index (κ1) is 16.2. The van der Waals surface area contributed by atoms with Crippen LogP contribution in [0.3, 0.4) is 0 Å². The molecule has 1 fully saturated rings. The molecule has 1 aromatic rings. The Morgan fingerprint density at radius 2 is 2.09 bits per heavy atom. The van der Waals surface area contributed by atoms with Crippen molar-refractivity contribution in [3.8, 4) is 0 Å². The summed E-state index contributed by atoms with van der Waals surface area (Å²) in [6, 6.07) is 3.02. The lowest BCUT2D eigenvalue weighted by Gasteiger charge is -2.24. The maximum absolute atomic E-state index is 11.1. The van der Waals surface area contributed by atoms with Crippen LogP contribution in [0.15, 0.2) is 17.1 Å². The highest BCUT2D eigenvalue weighted by molar-refractivity contribution is 5.93. The molecule has 0 amide bonds. The maximum atomic E-state index is 11.1. The summed E-state index contributed by atoms with van der Waals surface area (Å²) in [6.45, 7) is 2.94. The van der Waals surface area contributed by atoms with Gasteiger partial charge in [0.05, 0.1) is 16.9 Å². The molecule has 8 heteroatoms. The number of amidine groups is 1. The van der Waals surface area contributed by atoms with Gasteiger partial charge in [0, 0.05) is 19.1 Å². The van der Waals surface area contributed by atoms with Gasteiger partial charge in [-0.05, 0) is 37.5 Å². The average Bonchev–Trinajstić information content (AvgIpc) is 2.50.